The Morgan fingerprint density at radius 1 is 1.08 bits per heavy atom. The van der Waals surface area contributed by atoms with Gasteiger partial charge in [0.15, 0.2) is 0 Å². The van der Waals surface area contributed by atoms with E-state index in [2.05, 4.69) is 30.0 Å². The van der Waals surface area contributed by atoms with Gasteiger partial charge in [0.1, 0.15) is 23.7 Å². The average Bonchev–Trinajstić information content (AvgIpc) is 2.66. The van der Waals surface area contributed by atoms with Crippen molar-refractivity contribution in [3.05, 3.63) is 65.2 Å². The molecule has 2 aromatic carbocycles. The molecular formula is C22H23ClN2O. The van der Waals surface area contributed by atoms with E-state index in [-0.39, 0.29) is 0 Å². The number of para-hydroxylation sites is 1. The largest absolute Gasteiger partial charge is 0.487 e. The molecule has 1 aliphatic rings. The Labute approximate surface area is 159 Å². The van der Waals surface area contributed by atoms with Crippen molar-refractivity contribution in [3.8, 4) is 5.75 Å². The van der Waals surface area contributed by atoms with Crippen LogP contribution in [0.15, 0.2) is 54.6 Å². The van der Waals surface area contributed by atoms with Gasteiger partial charge in [-0.1, -0.05) is 42.8 Å². The number of rotatable bonds is 4. The average molecular weight is 367 g/mol. The number of anilines is 1. The highest BCUT2D eigenvalue weighted by Gasteiger charge is 2.17. The van der Waals surface area contributed by atoms with Gasteiger partial charge in [-0.05, 0) is 54.7 Å². The fraction of sp³-hybridized carbons (Fsp3) is 0.318. The monoisotopic (exact) mass is 366 g/mol. The van der Waals surface area contributed by atoms with Gasteiger partial charge < -0.3 is 9.64 Å². The summed E-state index contributed by atoms with van der Waals surface area (Å²) >= 11 is 6.07. The van der Waals surface area contributed by atoms with Crippen molar-refractivity contribution in [2.45, 2.75) is 26.4 Å². The molecule has 1 saturated heterocycles. The highest BCUT2D eigenvalue weighted by atomic mass is 35.5. The van der Waals surface area contributed by atoms with Crippen molar-refractivity contribution in [1.29, 1.82) is 0 Å². The van der Waals surface area contributed by atoms with Gasteiger partial charge in [-0.15, -0.1) is 0 Å². The number of fused-ring (bicyclic) bond motifs is 1. The summed E-state index contributed by atoms with van der Waals surface area (Å²) in [6.07, 6.45) is 2.46. The number of nitrogens with zero attached hydrogens (tertiary/aromatic N) is 2. The van der Waals surface area contributed by atoms with Crippen LogP contribution in [0.5, 0.6) is 5.75 Å². The lowest BCUT2D eigenvalue weighted by molar-refractivity contribution is 0.309. The quantitative estimate of drug-likeness (QED) is 0.591. The molecule has 0 N–H and O–H groups in total. The molecule has 26 heavy (non-hydrogen) atoms. The molecule has 134 valence electrons. The Morgan fingerprint density at radius 2 is 1.88 bits per heavy atom. The summed E-state index contributed by atoms with van der Waals surface area (Å²) in [5, 5.41) is 1.83. The zero-order valence-corrected chi connectivity index (χ0v) is 15.7. The Balaban J connectivity index is 1.59. The van der Waals surface area contributed by atoms with Crippen molar-refractivity contribution >= 4 is 28.3 Å². The van der Waals surface area contributed by atoms with E-state index < -0.39 is 0 Å². The van der Waals surface area contributed by atoms with Gasteiger partial charge in [-0.3, -0.25) is 0 Å². The molecule has 0 aliphatic carbocycles. The standard InChI is InChI=1S/C22H23ClN2O/c1-16-10-12-25(13-11-16)21-9-8-18-5-3-7-20(22(18)24-21)26-15-17-4-2-6-19(23)14-17/h2-9,14,16H,10-13,15H2,1H3. The maximum Gasteiger partial charge on any atom is 0.146 e. The molecule has 0 atom stereocenters. The molecule has 0 amide bonds. The summed E-state index contributed by atoms with van der Waals surface area (Å²) < 4.78 is 6.08. The molecule has 0 bridgehead atoms. The van der Waals surface area contributed by atoms with E-state index in [1.54, 1.807) is 0 Å². The molecule has 3 aromatic rings. The SMILES string of the molecule is CC1CCN(c2ccc3cccc(OCc4cccc(Cl)c4)c3n2)CC1. The lowest BCUT2D eigenvalue weighted by atomic mass is 9.99. The van der Waals surface area contributed by atoms with Gasteiger partial charge in [-0.25, -0.2) is 4.98 Å². The predicted molar refractivity (Wildman–Crippen MR) is 108 cm³/mol. The Bertz CT molecular complexity index is 904. The Hall–Kier alpha value is -2.26. The van der Waals surface area contributed by atoms with Gasteiger partial charge in [0.05, 0.1) is 0 Å². The van der Waals surface area contributed by atoms with Crippen LogP contribution in [-0.4, -0.2) is 18.1 Å². The van der Waals surface area contributed by atoms with Crippen LogP contribution in [-0.2, 0) is 6.61 Å². The molecule has 4 rings (SSSR count). The summed E-state index contributed by atoms with van der Waals surface area (Å²) in [7, 11) is 0. The van der Waals surface area contributed by atoms with Crippen LogP contribution in [0.2, 0.25) is 5.02 Å². The van der Waals surface area contributed by atoms with Gasteiger partial charge in [0, 0.05) is 23.5 Å². The number of ether oxygens (including phenoxy) is 1. The van der Waals surface area contributed by atoms with Crippen LogP contribution in [0.25, 0.3) is 10.9 Å². The first-order valence-electron chi connectivity index (χ1n) is 9.21. The van der Waals surface area contributed by atoms with E-state index in [1.807, 2.05) is 36.4 Å². The summed E-state index contributed by atoms with van der Waals surface area (Å²) in [6.45, 7) is 4.95. The van der Waals surface area contributed by atoms with Gasteiger partial charge in [0.25, 0.3) is 0 Å². The van der Waals surface area contributed by atoms with Gasteiger partial charge >= 0.3 is 0 Å². The van der Waals surface area contributed by atoms with Crippen LogP contribution < -0.4 is 9.64 Å². The third-order valence-corrected chi connectivity index (χ3v) is 5.29. The molecule has 0 spiro atoms. The second kappa shape index (κ2) is 7.55. The van der Waals surface area contributed by atoms with Gasteiger partial charge in [0.2, 0.25) is 0 Å². The maximum absolute atomic E-state index is 6.08. The highest BCUT2D eigenvalue weighted by molar-refractivity contribution is 6.30. The molecule has 0 unspecified atom stereocenters. The Morgan fingerprint density at radius 3 is 2.69 bits per heavy atom. The molecule has 1 aliphatic heterocycles. The molecule has 0 saturated carbocycles. The second-order valence-electron chi connectivity index (χ2n) is 7.09. The number of hydrogen-bond acceptors (Lipinski definition) is 3. The van der Waals surface area contributed by atoms with E-state index >= 15 is 0 Å². The minimum Gasteiger partial charge on any atom is -0.487 e. The highest BCUT2D eigenvalue weighted by Crippen LogP contribution is 2.29. The first-order valence-corrected chi connectivity index (χ1v) is 9.59. The summed E-state index contributed by atoms with van der Waals surface area (Å²) in [6, 6.07) is 18.1. The minimum absolute atomic E-state index is 0.479. The van der Waals surface area contributed by atoms with E-state index in [0.29, 0.717) is 6.61 Å². The molecule has 1 aromatic heterocycles. The first kappa shape index (κ1) is 17.2. The number of piperidine rings is 1. The maximum atomic E-state index is 6.08. The molecule has 3 nitrogen and oxygen atoms in total. The second-order valence-corrected chi connectivity index (χ2v) is 7.52. The van der Waals surface area contributed by atoms with Crippen LogP contribution in [0, 0.1) is 5.92 Å². The number of aromatic nitrogens is 1. The number of halogens is 1. The topological polar surface area (TPSA) is 25.4 Å². The van der Waals surface area contributed by atoms with E-state index in [1.165, 1.54) is 12.8 Å². The smallest absolute Gasteiger partial charge is 0.146 e. The third-order valence-electron chi connectivity index (χ3n) is 5.06. The lowest BCUT2D eigenvalue weighted by Crippen LogP contribution is -2.33. The minimum atomic E-state index is 0.479. The van der Waals surface area contributed by atoms with Gasteiger partial charge in [-0.2, -0.15) is 0 Å². The van der Waals surface area contributed by atoms with Crippen LogP contribution in [0.4, 0.5) is 5.82 Å². The number of pyridine rings is 1. The fourth-order valence-electron chi connectivity index (χ4n) is 3.43. The Kier molecular flexibility index (Phi) is 4.98. The van der Waals surface area contributed by atoms with Crippen LogP contribution in [0.3, 0.4) is 0 Å². The molecule has 1 fully saturated rings. The summed E-state index contributed by atoms with van der Waals surface area (Å²) in [5.74, 6) is 2.67. The predicted octanol–water partition coefficient (Wildman–Crippen LogP) is 5.70. The van der Waals surface area contributed by atoms with Crippen molar-refractivity contribution in [2.75, 3.05) is 18.0 Å². The molecule has 4 heteroatoms. The molecular weight excluding hydrogens is 344 g/mol. The molecule has 2 heterocycles. The molecule has 0 radical (unpaired) electrons. The first-order chi connectivity index (χ1) is 12.7. The van der Waals surface area contributed by atoms with Crippen molar-refractivity contribution < 1.29 is 4.74 Å². The summed E-state index contributed by atoms with van der Waals surface area (Å²) in [5.41, 5.74) is 1.97. The van der Waals surface area contributed by atoms with Crippen molar-refractivity contribution in [2.24, 2.45) is 5.92 Å². The number of benzene rings is 2. The lowest BCUT2D eigenvalue weighted by Gasteiger charge is -2.31. The van der Waals surface area contributed by atoms with E-state index in [4.69, 9.17) is 21.3 Å². The van der Waals surface area contributed by atoms with Crippen molar-refractivity contribution in [3.63, 3.8) is 0 Å². The van der Waals surface area contributed by atoms with E-state index in [9.17, 15) is 0 Å². The normalized spacial score (nSPS) is 15.4. The van der Waals surface area contributed by atoms with E-state index in [0.717, 1.165) is 52.1 Å². The van der Waals surface area contributed by atoms with Crippen LogP contribution in [0.1, 0.15) is 25.3 Å². The fourth-order valence-corrected chi connectivity index (χ4v) is 3.64. The summed E-state index contributed by atoms with van der Waals surface area (Å²) in [4.78, 5) is 7.31. The van der Waals surface area contributed by atoms with Crippen LogP contribution >= 0.6 is 11.6 Å². The zero-order chi connectivity index (χ0) is 17.9. The zero-order valence-electron chi connectivity index (χ0n) is 15.0. The number of hydrogen-bond donors (Lipinski definition) is 0. The van der Waals surface area contributed by atoms with Crippen molar-refractivity contribution in [1.82, 2.24) is 4.98 Å². The third kappa shape index (κ3) is 3.78.